The van der Waals surface area contributed by atoms with Crippen molar-refractivity contribution in [2.75, 3.05) is 0 Å². The summed E-state index contributed by atoms with van der Waals surface area (Å²) >= 11 is 1.44. The standard InChI is InChI=1S/C12H9F3OS/c13-9-4-7(5-10(14)12(9)15)11(16)6-8-2-1-3-17-8/h1-5,11,16H,6H2. The molecule has 1 aromatic carbocycles. The SMILES string of the molecule is OC(Cc1cccs1)c1cc(F)c(F)c(F)c1. The minimum absolute atomic E-state index is 0.0369. The summed E-state index contributed by atoms with van der Waals surface area (Å²) < 4.78 is 38.6. The fourth-order valence-electron chi connectivity index (χ4n) is 1.50. The van der Waals surface area contributed by atoms with Crippen LogP contribution in [0.3, 0.4) is 0 Å². The number of aliphatic hydroxyl groups excluding tert-OH is 1. The first-order valence-corrected chi connectivity index (χ1v) is 5.81. The summed E-state index contributed by atoms with van der Waals surface area (Å²) in [6, 6.07) is 5.26. The summed E-state index contributed by atoms with van der Waals surface area (Å²) in [5.74, 6) is -4.09. The van der Waals surface area contributed by atoms with Crippen molar-refractivity contribution in [1.82, 2.24) is 0 Å². The van der Waals surface area contributed by atoms with Gasteiger partial charge in [0.15, 0.2) is 17.5 Å². The van der Waals surface area contributed by atoms with Crippen LogP contribution in [0, 0.1) is 17.5 Å². The van der Waals surface area contributed by atoms with Gasteiger partial charge in [0.05, 0.1) is 6.10 Å². The smallest absolute Gasteiger partial charge is 0.194 e. The zero-order valence-corrected chi connectivity index (χ0v) is 9.48. The maximum absolute atomic E-state index is 13.0. The van der Waals surface area contributed by atoms with Crippen LogP contribution in [0.4, 0.5) is 13.2 Å². The van der Waals surface area contributed by atoms with Crippen molar-refractivity contribution in [1.29, 1.82) is 0 Å². The van der Waals surface area contributed by atoms with Crippen molar-refractivity contribution in [3.05, 3.63) is 57.5 Å². The molecule has 0 spiro atoms. The lowest BCUT2D eigenvalue weighted by atomic mass is 10.1. The molecule has 0 aliphatic rings. The van der Waals surface area contributed by atoms with Gasteiger partial charge in [0.2, 0.25) is 0 Å². The van der Waals surface area contributed by atoms with Gasteiger partial charge < -0.3 is 5.11 Å². The number of rotatable bonds is 3. The Balaban J connectivity index is 2.22. The molecule has 17 heavy (non-hydrogen) atoms. The molecule has 1 atom stereocenters. The third-order valence-electron chi connectivity index (χ3n) is 2.37. The van der Waals surface area contributed by atoms with Crippen molar-refractivity contribution >= 4 is 11.3 Å². The normalized spacial score (nSPS) is 12.7. The molecule has 0 aliphatic heterocycles. The molecule has 1 unspecified atom stereocenters. The second-order valence-electron chi connectivity index (χ2n) is 3.60. The maximum atomic E-state index is 13.0. The van der Waals surface area contributed by atoms with Crippen LogP contribution in [0.25, 0.3) is 0 Å². The number of halogens is 3. The lowest BCUT2D eigenvalue weighted by Gasteiger charge is -2.10. The molecule has 1 N–H and O–H groups in total. The van der Waals surface area contributed by atoms with Gasteiger partial charge in [0, 0.05) is 11.3 Å². The Labute approximate surface area is 100 Å². The molecular weight excluding hydrogens is 249 g/mol. The third kappa shape index (κ3) is 2.68. The molecular formula is C12H9F3OS. The van der Waals surface area contributed by atoms with E-state index in [4.69, 9.17) is 0 Å². The van der Waals surface area contributed by atoms with Crippen LogP contribution in [-0.4, -0.2) is 5.11 Å². The average Bonchev–Trinajstić information content (AvgIpc) is 2.77. The minimum atomic E-state index is -1.52. The fraction of sp³-hybridized carbons (Fsp3) is 0.167. The molecule has 0 bridgehead atoms. The van der Waals surface area contributed by atoms with Gasteiger partial charge in [-0.3, -0.25) is 0 Å². The Morgan fingerprint density at radius 2 is 1.82 bits per heavy atom. The van der Waals surface area contributed by atoms with Gasteiger partial charge in [-0.05, 0) is 29.1 Å². The first-order chi connectivity index (χ1) is 8.08. The summed E-state index contributed by atoms with van der Waals surface area (Å²) in [6.07, 6.45) is -0.791. The second kappa shape index (κ2) is 4.89. The maximum Gasteiger partial charge on any atom is 0.194 e. The molecule has 1 heterocycles. The molecule has 1 aromatic heterocycles. The van der Waals surface area contributed by atoms with Crippen LogP contribution < -0.4 is 0 Å². The van der Waals surface area contributed by atoms with Crippen molar-refractivity contribution in [2.45, 2.75) is 12.5 Å². The number of thiophene rings is 1. The van der Waals surface area contributed by atoms with Gasteiger partial charge in [-0.2, -0.15) is 0 Å². The van der Waals surface area contributed by atoms with Gasteiger partial charge in [0.25, 0.3) is 0 Å². The third-order valence-corrected chi connectivity index (χ3v) is 3.26. The number of hydrogen-bond donors (Lipinski definition) is 1. The van der Waals surface area contributed by atoms with Gasteiger partial charge in [-0.25, -0.2) is 13.2 Å². The zero-order chi connectivity index (χ0) is 12.4. The lowest BCUT2D eigenvalue weighted by Crippen LogP contribution is -2.03. The molecule has 0 saturated carbocycles. The molecule has 2 rings (SSSR count). The highest BCUT2D eigenvalue weighted by Gasteiger charge is 2.16. The van der Waals surface area contributed by atoms with Crippen molar-refractivity contribution in [3.63, 3.8) is 0 Å². The van der Waals surface area contributed by atoms with Gasteiger partial charge in [-0.1, -0.05) is 6.07 Å². The molecule has 2 aromatic rings. The summed E-state index contributed by atoms with van der Waals surface area (Å²) in [5.41, 5.74) is 0.0369. The van der Waals surface area contributed by atoms with Crippen molar-refractivity contribution in [3.8, 4) is 0 Å². The van der Waals surface area contributed by atoms with E-state index in [1.165, 1.54) is 11.3 Å². The van der Waals surface area contributed by atoms with E-state index in [1.54, 1.807) is 0 Å². The number of benzene rings is 1. The summed E-state index contributed by atoms with van der Waals surface area (Å²) in [4.78, 5) is 0.891. The predicted octanol–water partition coefficient (Wildman–Crippen LogP) is 3.44. The van der Waals surface area contributed by atoms with E-state index < -0.39 is 23.6 Å². The Hall–Kier alpha value is -1.33. The highest BCUT2D eigenvalue weighted by Crippen LogP contribution is 2.24. The molecule has 0 amide bonds. The Bertz CT molecular complexity index is 487. The first-order valence-electron chi connectivity index (χ1n) is 4.93. The van der Waals surface area contributed by atoms with Crippen LogP contribution in [0.5, 0.6) is 0 Å². The monoisotopic (exact) mass is 258 g/mol. The zero-order valence-electron chi connectivity index (χ0n) is 8.66. The van der Waals surface area contributed by atoms with Crippen LogP contribution in [0.2, 0.25) is 0 Å². The molecule has 0 fully saturated rings. The van der Waals surface area contributed by atoms with Gasteiger partial charge >= 0.3 is 0 Å². The molecule has 0 saturated heterocycles. The average molecular weight is 258 g/mol. The highest BCUT2D eigenvalue weighted by atomic mass is 32.1. The van der Waals surface area contributed by atoms with E-state index >= 15 is 0 Å². The van der Waals surface area contributed by atoms with Crippen molar-refractivity contribution < 1.29 is 18.3 Å². The topological polar surface area (TPSA) is 20.2 Å². The fourth-order valence-corrected chi connectivity index (χ4v) is 2.25. The molecule has 90 valence electrons. The summed E-state index contributed by atoms with van der Waals surface area (Å²) in [5, 5.41) is 11.6. The van der Waals surface area contributed by atoms with E-state index in [9.17, 15) is 18.3 Å². The van der Waals surface area contributed by atoms with Gasteiger partial charge in [-0.15, -0.1) is 11.3 Å². The molecule has 0 aliphatic carbocycles. The Kier molecular flexibility index (Phi) is 3.49. The summed E-state index contributed by atoms with van der Waals surface area (Å²) in [6.45, 7) is 0. The van der Waals surface area contributed by atoms with Crippen LogP contribution in [0.15, 0.2) is 29.6 Å². The van der Waals surface area contributed by atoms with E-state index in [1.807, 2.05) is 17.5 Å². The van der Waals surface area contributed by atoms with Crippen LogP contribution >= 0.6 is 11.3 Å². The van der Waals surface area contributed by atoms with Crippen LogP contribution in [-0.2, 0) is 6.42 Å². The Morgan fingerprint density at radius 3 is 2.35 bits per heavy atom. The number of hydrogen-bond acceptors (Lipinski definition) is 2. The predicted molar refractivity (Wildman–Crippen MR) is 59.3 cm³/mol. The largest absolute Gasteiger partial charge is 0.388 e. The van der Waals surface area contributed by atoms with Crippen molar-refractivity contribution in [2.24, 2.45) is 0 Å². The highest BCUT2D eigenvalue weighted by molar-refractivity contribution is 7.09. The minimum Gasteiger partial charge on any atom is -0.388 e. The first kappa shape index (κ1) is 12.1. The Morgan fingerprint density at radius 1 is 1.18 bits per heavy atom. The molecule has 5 heteroatoms. The second-order valence-corrected chi connectivity index (χ2v) is 4.63. The van der Waals surface area contributed by atoms with E-state index in [0.717, 1.165) is 17.0 Å². The van der Waals surface area contributed by atoms with E-state index in [0.29, 0.717) is 0 Å². The van der Waals surface area contributed by atoms with Gasteiger partial charge in [0.1, 0.15) is 0 Å². The van der Waals surface area contributed by atoms with E-state index in [-0.39, 0.29) is 12.0 Å². The lowest BCUT2D eigenvalue weighted by molar-refractivity contribution is 0.178. The quantitative estimate of drug-likeness (QED) is 0.836. The molecule has 1 nitrogen and oxygen atoms in total. The van der Waals surface area contributed by atoms with E-state index in [2.05, 4.69) is 0 Å². The van der Waals surface area contributed by atoms with Crippen LogP contribution in [0.1, 0.15) is 16.5 Å². The number of aliphatic hydroxyl groups is 1. The molecule has 0 radical (unpaired) electrons. The summed E-state index contributed by atoms with van der Waals surface area (Å²) in [7, 11) is 0.